The molecule has 0 aromatic heterocycles. The van der Waals surface area contributed by atoms with Gasteiger partial charge in [0, 0.05) is 17.9 Å². The van der Waals surface area contributed by atoms with Crippen LogP contribution in [-0.4, -0.2) is 40.5 Å². The lowest BCUT2D eigenvalue weighted by molar-refractivity contribution is -0.194. The Balaban J connectivity index is 1.83. The molecule has 2 saturated heterocycles. The Bertz CT molecular complexity index is 408. The Hall–Kier alpha value is -0.410. The quantitative estimate of drug-likeness (QED) is 0.725. The molecular formula is C16H25NO2. The van der Waals surface area contributed by atoms with Gasteiger partial charge in [-0.2, -0.15) is 0 Å². The van der Waals surface area contributed by atoms with E-state index < -0.39 is 0 Å². The Morgan fingerprint density at radius 1 is 1.26 bits per heavy atom. The van der Waals surface area contributed by atoms with Gasteiger partial charge in [-0.3, -0.25) is 9.69 Å². The molecule has 2 bridgehead atoms. The molecule has 4 aliphatic rings. The minimum absolute atomic E-state index is 0.134. The van der Waals surface area contributed by atoms with Crippen molar-refractivity contribution in [2.24, 2.45) is 23.7 Å². The number of nitrogens with zero attached hydrogens (tertiary/aromatic N) is 1. The van der Waals surface area contributed by atoms with Gasteiger partial charge in [-0.1, -0.05) is 6.92 Å². The topological polar surface area (TPSA) is 40.5 Å². The van der Waals surface area contributed by atoms with Crippen molar-refractivity contribution in [2.45, 2.75) is 57.1 Å². The van der Waals surface area contributed by atoms with Gasteiger partial charge in [0.1, 0.15) is 5.78 Å². The van der Waals surface area contributed by atoms with Gasteiger partial charge in [0.05, 0.1) is 6.10 Å². The molecule has 2 aliphatic carbocycles. The highest BCUT2D eigenvalue weighted by molar-refractivity contribution is 5.84. The lowest BCUT2D eigenvalue weighted by atomic mass is 9.48. The van der Waals surface area contributed by atoms with Crippen molar-refractivity contribution >= 4 is 5.78 Å². The van der Waals surface area contributed by atoms with Crippen molar-refractivity contribution in [3.05, 3.63) is 0 Å². The molecule has 1 spiro atoms. The van der Waals surface area contributed by atoms with Gasteiger partial charge >= 0.3 is 0 Å². The van der Waals surface area contributed by atoms with Crippen molar-refractivity contribution < 1.29 is 9.90 Å². The van der Waals surface area contributed by atoms with E-state index in [1.54, 1.807) is 0 Å². The number of ketones is 1. The zero-order valence-electron chi connectivity index (χ0n) is 11.8. The van der Waals surface area contributed by atoms with E-state index in [-0.39, 0.29) is 23.5 Å². The maximum Gasteiger partial charge on any atom is 0.138 e. The minimum Gasteiger partial charge on any atom is -0.393 e. The second-order valence-corrected chi connectivity index (χ2v) is 7.43. The zero-order chi connectivity index (χ0) is 13.2. The van der Waals surface area contributed by atoms with Crippen molar-refractivity contribution in [3.63, 3.8) is 0 Å². The molecule has 2 aliphatic heterocycles. The fraction of sp³-hybridized carbons (Fsp3) is 0.938. The maximum absolute atomic E-state index is 12.6. The molecule has 2 saturated carbocycles. The Labute approximate surface area is 115 Å². The molecule has 3 nitrogen and oxygen atoms in total. The van der Waals surface area contributed by atoms with Gasteiger partial charge in [0.15, 0.2) is 0 Å². The summed E-state index contributed by atoms with van der Waals surface area (Å²) in [6.07, 6.45) is 6.22. The van der Waals surface area contributed by atoms with Crippen LogP contribution >= 0.6 is 0 Å². The molecule has 3 heteroatoms. The first-order valence-corrected chi connectivity index (χ1v) is 8.10. The maximum atomic E-state index is 12.6. The Morgan fingerprint density at radius 3 is 2.79 bits per heavy atom. The predicted octanol–water partition coefficient (Wildman–Crippen LogP) is 1.84. The molecule has 0 unspecified atom stereocenters. The lowest BCUT2D eigenvalue weighted by Crippen LogP contribution is -2.73. The lowest BCUT2D eigenvalue weighted by Gasteiger charge is -2.66. The second kappa shape index (κ2) is 4.05. The molecular weight excluding hydrogens is 238 g/mol. The molecule has 4 rings (SSSR count). The van der Waals surface area contributed by atoms with E-state index in [0.717, 1.165) is 12.8 Å². The average molecular weight is 263 g/mol. The normalized spacial score (nSPS) is 53.8. The van der Waals surface area contributed by atoms with Crippen molar-refractivity contribution in [3.8, 4) is 0 Å². The number of hydrogen-bond acceptors (Lipinski definition) is 3. The van der Waals surface area contributed by atoms with E-state index in [0.29, 0.717) is 24.0 Å². The molecule has 4 fully saturated rings. The van der Waals surface area contributed by atoms with E-state index >= 15 is 0 Å². The van der Waals surface area contributed by atoms with Gasteiger partial charge in [-0.05, 0) is 62.9 Å². The van der Waals surface area contributed by atoms with Gasteiger partial charge in [0.2, 0.25) is 0 Å². The van der Waals surface area contributed by atoms with Crippen LogP contribution < -0.4 is 0 Å². The van der Waals surface area contributed by atoms with Crippen LogP contribution in [0.15, 0.2) is 0 Å². The smallest absolute Gasteiger partial charge is 0.138 e. The first-order valence-electron chi connectivity index (χ1n) is 8.10. The summed E-state index contributed by atoms with van der Waals surface area (Å²) in [5.74, 6) is 1.91. The summed E-state index contributed by atoms with van der Waals surface area (Å²) >= 11 is 0. The molecule has 0 amide bonds. The summed E-state index contributed by atoms with van der Waals surface area (Å²) in [4.78, 5) is 15.2. The second-order valence-electron chi connectivity index (χ2n) is 7.43. The number of carbonyl (C=O) groups is 1. The number of hydrogen-bond donors (Lipinski definition) is 1. The summed E-state index contributed by atoms with van der Waals surface area (Å²) in [5.41, 5.74) is 0.134. The summed E-state index contributed by atoms with van der Waals surface area (Å²) in [5, 5.41) is 10.5. The largest absolute Gasteiger partial charge is 0.393 e. The zero-order valence-corrected chi connectivity index (χ0v) is 11.8. The SMILES string of the molecule is C[C@@H]1C[C@@]23[C@@H]4CCCN2CCC[C@H]3C(=O)C[C@H]4[C@H]1O. The third kappa shape index (κ3) is 1.43. The van der Waals surface area contributed by atoms with Crippen LogP contribution in [-0.2, 0) is 4.79 Å². The van der Waals surface area contributed by atoms with Crippen molar-refractivity contribution in [2.75, 3.05) is 13.1 Å². The molecule has 6 atom stereocenters. The van der Waals surface area contributed by atoms with E-state index in [4.69, 9.17) is 0 Å². The fourth-order valence-corrected chi connectivity index (χ4v) is 6.11. The van der Waals surface area contributed by atoms with Crippen molar-refractivity contribution in [1.82, 2.24) is 4.90 Å². The van der Waals surface area contributed by atoms with Crippen LogP contribution in [0.3, 0.4) is 0 Å². The third-order valence-electron chi connectivity index (χ3n) is 6.71. The number of aliphatic hydroxyl groups is 1. The first kappa shape index (κ1) is 12.3. The van der Waals surface area contributed by atoms with E-state index in [2.05, 4.69) is 11.8 Å². The predicted molar refractivity (Wildman–Crippen MR) is 72.7 cm³/mol. The fourth-order valence-electron chi connectivity index (χ4n) is 6.11. The number of aliphatic hydroxyl groups excluding tert-OH is 1. The van der Waals surface area contributed by atoms with Gasteiger partial charge in [-0.15, -0.1) is 0 Å². The van der Waals surface area contributed by atoms with Gasteiger partial charge in [-0.25, -0.2) is 0 Å². The summed E-state index contributed by atoms with van der Waals surface area (Å²) in [6.45, 7) is 4.54. The van der Waals surface area contributed by atoms with E-state index in [9.17, 15) is 9.90 Å². The molecule has 19 heavy (non-hydrogen) atoms. The number of carbonyl (C=O) groups excluding carboxylic acids is 1. The molecule has 0 radical (unpaired) electrons. The Kier molecular flexibility index (Phi) is 2.63. The molecule has 0 aromatic rings. The number of piperidine rings is 2. The van der Waals surface area contributed by atoms with Crippen LogP contribution in [0.5, 0.6) is 0 Å². The van der Waals surface area contributed by atoms with Crippen LogP contribution in [0.4, 0.5) is 0 Å². The van der Waals surface area contributed by atoms with Gasteiger partial charge < -0.3 is 5.11 Å². The van der Waals surface area contributed by atoms with E-state index in [1.807, 2.05) is 0 Å². The summed E-state index contributed by atoms with van der Waals surface area (Å²) < 4.78 is 0. The monoisotopic (exact) mass is 263 g/mol. The Morgan fingerprint density at radius 2 is 2.00 bits per heavy atom. The number of Topliss-reactive ketones (excluding diaryl/α,β-unsaturated/α-hetero) is 1. The van der Waals surface area contributed by atoms with Crippen molar-refractivity contribution in [1.29, 1.82) is 0 Å². The molecule has 0 aromatic carbocycles. The average Bonchev–Trinajstić information content (AvgIpc) is 2.40. The highest BCUT2D eigenvalue weighted by Crippen LogP contribution is 2.59. The highest BCUT2D eigenvalue weighted by atomic mass is 16.3. The third-order valence-corrected chi connectivity index (χ3v) is 6.71. The summed E-state index contributed by atoms with van der Waals surface area (Å²) in [6, 6.07) is 0. The summed E-state index contributed by atoms with van der Waals surface area (Å²) in [7, 11) is 0. The van der Waals surface area contributed by atoms with Crippen LogP contribution in [0.2, 0.25) is 0 Å². The van der Waals surface area contributed by atoms with Crippen LogP contribution in [0.25, 0.3) is 0 Å². The van der Waals surface area contributed by atoms with E-state index in [1.165, 1.54) is 32.4 Å². The molecule has 1 N–H and O–H groups in total. The molecule has 2 heterocycles. The molecule has 106 valence electrons. The van der Waals surface area contributed by atoms with Gasteiger partial charge in [0.25, 0.3) is 0 Å². The number of rotatable bonds is 0. The minimum atomic E-state index is -0.248. The highest BCUT2D eigenvalue weighted by Gasteiger charge is 2.64. The standard InChI is InChI=1S/C16H25NO2/c1-10-9-16-12-4-2-6-17(16)7-3-5-13(16)14(18)8-11(12)15(10)19/h10-13,15,19H,2-9H2,1H3/t10-,11-,12-,13+,15+,16+/m1/s1. The first-order chi connectivity index (χ1) is 9.14. The van der Waals surface area contributed by atoms with Crippen LogP contribution in [0.1, 0.15) is 45.4 Å². The van der Waals surface area contributed by atoms with Crippen LogP contribution in [0, 0.1) is 23.7 Å².